The van der Waals surface area contributed by atoms with Gasteiger partial charge in [-0.2, -0.15) is 0 Å². The van der Waals surface area contributed by atoms with E-state index in [1.807, 2.05) is 39.0 Å². The Balaban J connectivity index is 2.43. The van der Waals surface area contributed by atoms with Gasteiger partial charge in [-0.05, 0) is 38.5 Å². The van der Waals surface area contributed by atoms with Gasteiger partial charge in [-0.3, -0.25) is 0 Å². The van der Waals surface area contributed by atoms with Crippen LogP contribution < -0.4 is 10.5 Å². The van der Waals surface area contributed by atoms with Gasteiger partial charge in [0.2, 0.25) is 0 Å². The molecule has 0 bridgehead atoms. The van der Waals surface area contributed by atoms with E-state index in [-0.39, 0.29) is 6.04 Å². The smallest absolute Gasteiger partial charge is 0.128 e. The van der Waals surface area contributed by atoms with Crippen LogP contribution in [-0.4, -0.2) is 6.61 Å². The van der Waals surface area contributed by atoms with Crippen LogP contribution in [0.25, 0.3) is 0 Å². The lowest BCUT2D eigenvalue weighted by Crippen LogP contribution is -2.14. The largest absolute Gasteiger partial charge is 0.494 e. The number of hydrogen-bond acceptors (Lipinski definition) is 3. The summed E-state index contributed by atoms with van der Waals surface area (Å²) < 4.78 is 11.1. The number of rotatable bonds is 4. The quantitative estimate of drug-likeness (QED) is 0.898. The Kier molecular flexibility index (Phi) is 3.72. The Labute approximate surface area is 108 Å². The summed E-state index contributed by atoms with van der Waals surface area (Å²) in [6.45, 7) is 6.63. The zero-order valence-corrected chi connectivity index (χ0v) is 11.1. The summed E-state index contributed by atoms with van der Waals surface area (Å²) in [5, 5.41) is 0. The summed E-state index contributed by atoms with van der Waals surface area (Å²) in [5.41, 5.74) is 9.48. The molecule has 96 valence electrons. The first kappa shape index (κ1) is 12.7. The van der Waals surface area contributed by atoms with Gasteiger partial charge in [-0.1, -0.05) is 17.7 Å². The predicted molar refractivity (Wildman–Crippen MR) is 71.8 cm³/mol. The first-order chi connectivity index (χ1) is 8.63. The molecule has 1 atom stereocenters. The van der Waals surface area contributed by atoms with Crippen molar-refractivity contribution >= 4 is 0 Å². The second kappa shape index (κ2) is 5.27. The molecule has 0 amide bonds. The first-order valence-electron chi connectivity index (χ1n) is 6.16. The SMILES string of the molecule is CCOc1ccc(C)cc1C(N)c1occc1C. The molecule has 1 aromatic heterocycles. The summed E-state index contributed by atoms with van der Waals surface area (Å²) in [4.78, 5) is 0. The monoisotopic (exact) mass is 245 g/mol. The Morgan fingerprint density at radius 1 is 1.28 bits per heavy atom. The average molecular weight is 245 g/mol. The van der Waals surface area contributed by atoms with E-state index in [4.69, 9.17) is 14.9 Å². The lowest BCUT2D eigenvalue weighted by atomic mass is 10.00. The van der Waals surface area contributed by atoms with E-state index in [0.29, 0.717) is 6.61 Å². The van der Waals surface area contributed by atoms with Crippen LogP contribution in [0.2, 0.25) is 0 Å². The van der Waals surface area contributed by atoms with Crippen LogP contribution in [0, 0.1) is 13.8 Å². The highest BCUT2D eigenvalue weighted by atomic mass is 16.5. The molecule has 1 heterocycles. The van der Waals surface area contributed by atoms with Crippen LogP contribution in [0.3, 0.4) is 0 Å². The highest BCUT2D eigenvalue weighted by Gasteiger charge is 2.19. The van der Waals surface area contributed by atoms with Crippen molar-refractivity contribution in [1.82, 2.24) is 0 Å². The second-order valence-electron chi connectivity index (χ2n) is 4.42. The van der Waals surface area contributed by atoms with Crippen LogP contribution in [0.5, 0.6) is 5.75 Å². The van der Waals surface area contributed by atoms with Gasteiger partial charge in [-0.15, -0.1) is 0 Å². The standard InChI is InChI=1S/C15H19NO2/c1-4-17-13-6-5-10(2)9-12(13)14(16)15-11(3)7-8-18-15/h5-9,14H,4,16H2,1-3H3. The average Bonchev–Trinajstić information content (AvgIpc) is 2.77. The molecule has 0 aliphatic rings. The summed E-state index contributed by atoms with van der Waals surface area (Å²) in [5.74, 6) is 1.62. The van der Waals surface area contributed by atoms with Crippen molar-refractivity contribution in [3.63, 3.8) is 0 Å². The van der Waals surface area contributed by atoms with Gasteiger partial charge in [-0.25, -0.2) is 0 Å². The third kappa shape index (κ3) is 2.41. The minimum Gasteiger partial charge on any atom is -0.494 e. The molecule has 1 unspecified atom stereocenters. The maximum Gasteiger partial charge on any atom is 0.128 e. The molecule has 0 aliphatic heterocycles. The molecule has 1 aromatic carbocycles. The molecule has 0 aliphatic carbocycles. The van der Waals surface area contributed by atoms with E-state index in [9.17, 15) is 0 Å². The fourth-order valence-corrected chi connectivity index (χ4v) is 2.04. The van der Waals surface area contributed by atoms with Gasteiger partial charge >= 0.3 is 0 Å². The summed E-state index contributed by atoms with van der Waals surface area (Å²) in [6, 6.07) is 7.67. The molecule has 0 spiro atoms. The molecule has 0 saturated heterocycles. The second-order valence-corrected chi connectivity index (χ2v) is 4.42. The fourth-order valence-electron chi connectivity index (χ4n) is 2.04. The van der Waals surface area contributed by atoms with Gasteiger partial charge in [0.1, 0.15) is 11.5 Å². The fraction of sp³-hybridized carbons (Fsp3) is 0.333. The van der Waals surface area contributed by atoms with E-state index in [0.717, 1.165) is 28.2 Å². The molecule has 0 saturated carbocycles. The van der Waals surface area contributed by atoms with E-state index in [1.54, 1.807) is 6.26 Å². The van der Waals surface area contributed by atoms with Crippen molar-refractivity contribution in [2.75, 3.05) is 6.61 Å². The third-order valence-electron chi connectivity index (χ3n) is 2.98. The van der Waals surface area contributed by atoms with Gasteiger partial charge in [0.15, 0.2) is 0 Å². The molecular weight excluding hydrogens is 226 g/mol. The van der Waals surface area contributed by atoms with E-state index >= 15 is 0 Å². The highest BCUT2D eigenvalue weighted by Crippen LogP contribution is 2.31. The zero-order chi connectivity index (χ0) is 13.1. The van der Waals surface area contributed by atoms with E-state index in [2.05, 4.69) is 6.07 Å². The van der Waals surface area contributed by atoms with E-state index in [1.165, 1.54) is 0 Å². The molecule has 0 radical (unpaired) electrons. The van der Waals surface area contributed by atoms with Crippen molar-refractivity contribution in [3.8, 4) is 5.75 Å². The summed E-state index contributed by atoms with van der Waals surface area (Å²) in [6.07, 6.45) is 1.67. The Morgan fingerprint density at radius 2 is 2.06 bits per heavy atom. The minimum absolute atomic E-state index is 0.290. The minimum atomic E-state index is -0.290. The van der Waals surface area contributed by atoms with Crippen molar-refractivity contribution in [1.29, 1.82) is 0 Å². The molecule has 3 nitrogen and oxygen atoms in total. The molecule has 2 N–H and O–H groups in total. The summed E-state index contributed by atoms with van der Waals surface area (Å²) in [7, 11) is 0. The lowest BCUT2D eigenvalue weighted by Gasteiger charge is -2.16. The number of hydrogen-bond donors (Lipinski definition) is 1. The maximum atomic E-state index is 6.29. The number of aryl methyl sites for hydroxylation is 2. The normalized spacial score (nSPS) is 12.4. The Morgan fingerprint density at radius 3 is 2.67 bits per heavy atom. The number of benzene rings is 1. The number of furan rings is 1. The summed E-state index contributed by atoms with van der Waals surface area (Å²) >= 11 is 0. The van der Waals surface area contributed by atoms with Gasteiger partial charge in [0, 0.05) is 5.56 Å². The van der Waals surface area contributed by atoms with E-state index < -0.39 is 0 Å². The molecule has 2 rings (SSSR count). The van der Waals surface area contributed by atoms with Gasteiger partial charge in [0.25, 0.3) is 0 Å². The zero-order valence-electron chi connectivity index (χ0n) is 11.1. The van der Waals surface area contributed by atoms with Crippen molar-refractivity contribution < 1.29 is 9.15 Å². The van der Waals surface area contributed by atoms with Crippen LogP contribution in [0.1, 0.15) is 35.4 Å². The third-order valence-corrected chi connectivity index (χ3v) is 2.98. The van der Waals surface area contributed by atoms with Gasteiger partial charge in [0.05, 0.1) is 18.9 Å². The molecule has 18 heavy (non-hydrogen) atoms. The van der Waals surface area contributed by atoms with Crippen LogP contribution in [0.4, 0.5) is 0 Å². The van der Waals surface area contributed by atoms with Gasteiger partial charge < -0.3 is 14.9 Å². The lowest BCUT2D eigenvalue weighted by molar-refractivity contribution is 0.333. The molecule has 2 aromatic rings. The van der Waals surface area contributed by atoms with Crippen molar-refractivity contribution in [2.24, 2.45) is 5.73 Å². The number of nitrogens with two attached hydrogens (primary N) is 1. The van der Waals surface area contributed by atoms with Crippen LogP contribution >= 0.6 is 0 Å². The first-order valence-corrected chi connectivity index (χ1v) is 6.16. The maximum absolute atomic E-state index is 6.29. The Hall–Kier alpha value is -1.74. The molecule has 0 fully saturated rings. The van der Waals surface area contributed by atoms with Crippen molar-refractivity contribution in [2.45, 2.75) is 26.8 Å². The molecular formula is C15H19NO2. The molecule has 3 heteroatoms. The van der Waals surface area contributed by atoms with Crippen molar-refractivity contribution in [3.05, 3.63) is 53.0 Å². The topological polar surface area (TPSA) is 48.4 Å². The highest BCUT2D eigenvalue weighted by molar-refractivity contribution is 5.43. The van der Waals surface area contributed by atoms with Crippen LogP contribution in [-0.2, 0) is 0 Å². The van der Waals surface area contributed by atoms with Crippen LogP contribution in [0.15, 0.2) is 34.9 Å². The predicted octanol–water partition coefficient (Wildman–Crippen LogP) is 3.34. The Bertz CT molecular complexity index is 531. The number of ether oxygens (including phenoxy) is 1.